The van der Waals surface area contributed by atoms with Crippen LogP contribution >= 0.6 is 0 Å². The number of amides is 1. The van der Waals surface area contributed by atoms with E-state index in [9.17, 15) is 18.0 Å². The molecule has 1 aliphatic rings. The molecule has 4 rings (SSSR count). The number of halogens is 3. The van der Waals surface area contributed by atoms with Gasteiger partial charge in [-0.15, -0.1) is 0 Å². The summed E-state index contributed by atoms with van der Waals surface area (Å²) in [5.41, 5.74) is 1.90. The molecule has 1 amide bonds. The number of alkyl halides is 3. The molecule has 168 valence electrons. The molecular formula is C23H23F3N4O2. The molecular weight excluding hydrogens is 421 g/mol. The molecule has 2 aromatic carbocycles. The monoisotopic (exact) mass is 444 g/mol. The normalized spacial score (nSPS) is 15.2. The van der Waals surface area contributed by atoms with Crippen LogP contribution < -0.4 is 0 Å². The van der Waals surface area contributed by atoms with Crippen LogP contribution in [0.25, 0.3) is 11.4 Å². The first-order valence-corrected chi connectivity index (χ1v) is 10.3. The Labute approximate surface area is 183 Å². The smallest absolute Gasteiger partial charge is 0.340 e. The van der Waals surface area contributed by atoms with Gasteiger partial charge in [0.25, 0.3) is 0 Å². The van der Waals surface area contributed by atoms with Crippen molar-refractivity contribution in [3.8, 4) is 11.4 Å². The zero-order chi connectivity index (χ0) is 22.7. The molecule has 2 heterocycles. The predicted octanol–water partition coefficient (Wildman–Crippen LogP) is 3.95. The number of benzene rings is 2. The van der Waals surface area contributed by atoms with Crippen LogP contribution in [0.3, 0.4) is 0 Å². The zero-order valence-corrected chi connectivity index (χ0v) is 17.6. The molecule has 0 bridgehead atoms. The fraction of sp³-hybridized carbons (Fsp3) is 0.348. The van der Waals surface area contributed by atoms with Crippen LogP contribution in [0.4, 0.5) is 13.2 Å². The topological polar surface area (TPSA) is 62.5 Å². The second kappa shape index (κ2) is 9.12. The van der Waals surface area contributed by atoms with Crippen LogP contribution in [-0.2, 0) is 23.9 Å². The molecule has 3 aromatic rings. The summed E-state index contributed by atoms with van der Waals surface area (Å²) in [5.74, 6) is 0.746. The van der Waals surface area contributed by atoms with Gasteiger partial charge in [-0.1, -0.05) is 47.1 Å². The number of nitrogens with zero attached hydrogens (tertiary/aromatic N) is 4. The van der Waals surface area contributed by atoms with Crippen molar-refractivity contribution in [3.05, 3.63) is 71.1 Å². The molecule has 0 saturated carbocycles. The van der Waals surface area contributed by atoms with Gasteiger partial charge in [-0.2, -0.15) is 18.2 Å². The molecule has 0 aliphatic carbocycles. The van der Waals surface area contributed by atoms with Crippen LogP contribution in [-0.4, -0.2) is 52.0 Å². The number of carbonyl (C=O) groups is 1. The average molecular weight is 444 g/mol. The highest BCUT2D eigenvalue weighted by Crippen LogP contribution is 2.30. The first-order valence-electron chi connectivity index (χ1n) is 10.3. The molecule has 1 saturated heterocycles. The van der Waals surface area contributed by atoms with E-state index >= 15 is 0 Å². The molecule has 9 heteroatoms. The van der Waals surface area contributed by atoms with E-state index in [0.29, 0.717) is 50.6 Å². The van der Waals surface area contributed by atoms with Crippen molar-refractivity contribution in [2.45, 2.75) is 26.1 Å². The molecule has 6 nitrogen and oxygen atoms in total. The maximum atomic E-state index is 12.7. The summed E-state index contributed by atoms with van der Waals surface area (Å²) in [6.07, 6.45) is -4.00. The third kappa shape index (κ3) is 5.34. The van der Waals surface area contributed by atoms with Crippen LogP contribution in [0.1, 0.15) is 22.6 Å². The average Bonchev–Trinajstić information content (AvgIpc) is 3.24. The van der Waals surface area contributed by atoms with E-state index in [1.165, 1.54) is 12.1 Å². The fourth-order valence-corrected chi connectivity index (χ4v) is 3.58. The van der Waals surface area contributed by atoms with Crippen LogP contribution in [0.15, 0.2) is 53.1 Å². The van der Waals surface area contributed by atoms with Gasteiger partial charge in [-0.05, 0) is 24.6 Å². The summed E-state index contributed by atoms with van der Waals surface area (Å²) in [6, 6.07) is 12.6. The lowest BCUT2D eigenvalue weighted by atomic mass is 10.1. The Morgan fingerprint density at radius 1 is 1.00 bits per heavy atom. The SMILES string of the molecule is Cc1ccc(CC(=O)N2CCN(Cc3nc(-c4ccc(C(F)(F)F)cc4)no3)CC2)cc1. The maximum absolute atomic E-state index is 12.7. The highest BCUT2D eigenvalue weighted by molar-refractivity contribution is 5.78. The number of hydrogen-bond acceptors (Lipinski definition) is 5. The van der Waals surface area contributed by atoms with Gasteiger partial charge in [-0.3, -0.25) is 9.69 Å². The van der Waals surface area contributed by atoms with Crippen molar-refractivity contribution in [3.63, 3.8) is 0 Å². The summed E-state index contributed by atoms with van der Waals surface area (Å²) in [5, 5.41) is 3.88. The largest absolute Gasteiger partial charge is 0.416 e. The zero-order valence-electron chi connectivity index (χ0n) is 17.6. The van der Waals surface area contributed by atoms with Crippen molar-refractivity contribution in [2.75, 3.05) is 26.2 Å². The quantitative estimate of drug-likeness (QED) is 0.596. The highest BCUT2D eigenvalue weighted by Gasteiger charge is 2.30. The minimum atomic E-state index is -4.38. The Bertz CT molecular complexity index is 1050. The first kappa shape index (κ1) is 22.0. The number of aryl methyl sites for hydroxylation is 1. The molecule has 0 radical (unpaired) electrons. The van der Waals surface area contributed by atoms with Gasteiger partial charge >= 0.3 is 6.18 Å². The summed E-state index contributed by atoms with van der Waals surface area (Å²) in [6.45, 7) is 5.03. The number of rotatable bonds is 5. The molecule has 32 heavy (non-hydrogen) atoms. The molecule has 0 N–H and O–H groups in total. The molecule has 0 spiro atoms. The molecule has 1 fully saturated rings. The minimum Gasteiger partial charge on any atom is -0.340 e. The number of hydrogen-bond donors (Lipinski definition) is 0. The summed E-state index contributed by atoms with van der Waals surface area (Å²) in [4.78, 5) is 20.8. The molecule has 1 aromatic heterocycles. The van der Waals surface area contributed by atoms with E-state index < -0.39 is 11.7 Å². The maximum Gasteiger partial charge on any atom is 0.416 e. The van der Waals surface area contributed by atoms with Crippen molar-refractivity contribution < 1.29 is 22.5 Å². The number of piperazine rings is 1. The predicted molar refractivity (Wildman–Crippen MR) is 111 cm³/mol. The number of aromatic nitrogens is 2. The highest BCUT2D eigenvalue weighted by atomic mass is 19.4. The molecule has 0 atom stereocenters. The lowest BCUT2D eigenvalue weighted by Gasteiger charge is -2.34. The van der Waals surface area contributed by atoms with Gasteiger partial charge in [-0.25, -0.2) is 0 Å². The van der Waals surface area contributed by atoms with E-state index in [2.05, 4.69) is 15.0 Å². The van der Waals surface area contributed by atoms with Crippen molar-refractivity contribution >= 4 is 5.91 Å². The lowest BCUT2D eigenvalue weighted by molar-refractivity contribution is -0.137. The second-order valence-corrected chi connectivity index (χ2v) is 7.91. The van der Waals surface area contributed by atoms with Crippen molar-refractivity contribution in [2.24, 2.45) is 0 Å². The van der Waals surface area contributed by atoms with Crippen LogP contribution in [0.5, 0.6) is 0 Å². The van der Waals surface area contributed by atoms with Gasteiger partial charge in [0.1, 0.15) is 0 Å². The molecule has 0 unspecified atom stereocenters. The fourth-order valence-electron chi connectivity index (χ4n) is 3.58. The summed E-state index contributed by atoms with van der Waals surface area (Å²) >= 11 is 0. The lowest BCUT2D eigenvalue weighted by Crippen LogP contribution is -2.48. The minimum absolute atomic E-state index is 0.107. The third-order valence-corrected chi connectivity index (χ3v) is 5.50. The third-order valence-electron chi connectivity index (χ3n) is 5.50. The van der Waals surface area contributed by atoms with E-state index in [4.69, 9.17) is 4.52 Å². The van der Waals surface area contributed by atoms with E-state index in [1.807, 2.05) is 36.1 Å². The van der Waals surface area contributed by atoms with Gasteiger partial charge in [0.05, 0.1) is 18.5 Å². The Morgan fingerprint density at radius 2 is 1.66 bits per heavy atom. The van der Waals surface area contributed by atoms with E-state index in [0.717, 1.165) is 23.3 Å². The first-order chi connectivity index (χ1) is 15.3. The van der Waals surface area contributed by atoms with Crippen LogP contribution in [0.2, 0.25) is 0 Å². The Hall–Kier alpha value is -3.20. The van der Waals surface area contributed by atoms with Crippen molar-refractivity contribution in [1.82, 2.24) is 19.9 Å². The van der Waals surface area contributed by atoms with Crippen LogP contribution in [0, 0.1) is 6.92 Å². The summed E-state index contributed by atoms with van der Waals surface area (Å²) in [7, 11) is 0. The summed E-state index contributed by atoms with van der Waals surface area (Å²) < 4.78 is 43.4. The van der Waals surface area contributed by atoms with Crippen molar-refractivity contribution in [1.29, 1.82) is 0 Å². The van der Waals surface area contributed by atoms with E-state index in [1.54, 1.807) is 0 Å². The number of carbonyl (C=O) groups excluding carboxylic acids is 1. The Balaban J connectivity index is 1.29. The Morgan fingerprint density at radius 3 is 2.28 bits per heavy atom. The van der Waals surface area contributed by atoms with Gasteiger partial charge in [0, 0.05) is 31.7 Å². The van der Waals surface area contributed by atoms with E-state index in [-0.39, 0.29) is 11.7 Å². The molecule has 1 aliphatic heterocycles. The Kier molecular flexibility index (Phi) is 6.27. The van der Waals surface area contributed by atoms with Gasteiger partial charge in [0.15, 0.2) is 0 Å². The second-order valence-electron chi connectivity index (χ2n) is 7.91. The van der Waals surface area contributed by atoms with Gasteiger partial charge in [0.2, 0.25) is 17.6 Å². The van der Waals surface area contributed by atoms with Gasteiger partial charge < -0.3 is 9.42 Å². The standard InChI is InChI=1S/C23H23F3N4O2/c1-16-2-4-17(5-3-16)14-21(31)30-12-10-29(11-13-30)15-20-27-22(28-32-20)18-6-8-19(9-7-18)23(24,25)26/h2-9H,10-15H2,1H3.